The number of ether oxygens (including phenoxy) is 1. The Bertz CT molecular complexity index is 918. The highest BCUT2D eigenvalue weighted by molar-refractivity contribution is 5.46. The van der Waals surface area contributed by atoms with Gasteiger partial charge in [-0.1, -0.05) is 39.8 Å². The molecule has 12 atom stereocenters. The molecule has 35 heavy (non-hydrogen) atoms. The lowest BCUT2D eigenvalue weighted by atomic mass is 9.51. The zero-order valence-electron chi connectivity index (χ0n) is 22.8. The van der Waals surface area contributed by atoms with Crippen molar-refractivity contribution < 1.29 is 25.2 Å². The number of aliphatic hydroxyl groups excluding tert-OH is 3. The Morgan fingerprint density at radius 1 is 1.11 bits per heavy atom. The molecule has 0 amide bonds. The Morgan fingerprint density at radius 2 is 1.77 bits per heavy atom. The molecule has 198 valence electrons. The van der Waals surface area contributed by atoms with E-state index in [4.69, 9.17) is 4.74 Å². The van der Waals surface area contributed by atoms with Crippen LogP contribution >= 0.6 is 0 Å². The molecule has 0 aromatic heterocycles. The highest BCUT2D eigenvalue weighted by Crippen LogP contribution is 2.65. The molecule has 1 aliphatic heterocycles. The van der Waals surface area contributed by atoms with Crippen LogP contribution in [0, 0.1) is 40.4 Å². The summed E-state index contributed by atoms with van der Waals surface area (Å²) in [5, 5.41) is 44.1. The third kappa shape index (κ3) is 3.51. The van der Waals surface area contributed by atoms with Gasteiger partial charge in [0.1, 0.15) is 5.60 Å². The fourth-order valence-electron chi connectivity index (χ4n) is 9.42. The predicted octanol–water partition coefficient (Wildman–Crippen LogP) is 4.38. The third-order valence-electron chi connectivity index (χ3n) is 11.8. The highest BCUT2D eigenvalue weighted by Gasteiger charge is 2.69. The molecule has 5 heteroatoms. The monoisotopic (exact) mass is 488 g/mol. The van der Waals surface area contributed by atoms with Crippen LogP contribution in [0.3, 0.4) is 0 Å². The van der Waals surface area contributed by atoms with Crippen molar-refractivity contribution in [2.75, 3.05) is 0 Å². The van der Waals surface area contributed by atoms with E-state index in [1.54, 1.807) is 13.8 Å². The molecule has 7 unspecified atom stereocenters. The summed E-state index contributed by atoms with van der Waals surface area (Å²) in [7, 11) is 0. The summed E-state index contributed by atoms with van der Waals surface area (Å²) in [4.78, 5) is 0. The first-order valence-electron chi connectivity index (χ1n) is 14.0. The first kappa shape index (κ1) is 25.9. The van der Waals surface area contributed by atoms with Gasteiger partial charge < -0.3 is 25.2 Å². The van der Waals surface area contributed by atoms with Gasteiger partial charge in [0.05, 0.1) is 30.0 Å². The fraction of sp³-hybridized carbons (Fsp3) is 0.867. The van der Waals surface area contributed by atoms with Crippen molar-refractivity contribution in [3.8, 4) is 0 Å². The molecule has 3 fully saturated rings. The largest absolute Gasteiger partial charge is 0.393 e. The van der Waals surface area contributed by atoms with Crippen LogP contribution in [0.1, 0.15) is 87.0 Å². The van der Waals surface area contributed by atoms with Gasteiger partial charge in [0.15, 0.2) is 0 Å². The standard InChI is InChI=1S/C30H48O5/c1-16(17(2)26(33)30(18(3)35-30)27(4,5)34)25-24(32)15-23-21-9-8-19-14-20(31)10-12-28(19,6)22(21)11-13-29(23,25)7/h9,11,16-20,23-26,31-34H,8,10,12-15H2,1-7H3/t16?,17?,18?,19?,20-,23?,24+,25-,26?,28-,29-,30?/m0/s1. The molecular weight excluding hydrogens is 440 g/mol. The van der Waals surface area contributed by atoms with Crippen LogP contribution in [-0.2, 0) is 4.74 Å². The van der Waals surface area contributed by atoms with Crippen LogP contribution < -0.4 is 0 Å². The molecule has 5 nitrogen and oxygen atoms in total. The van der Waals surface area contributed by atoms with E-state index in [9.17, 15) is 20.4 Å². The van der Waals surface area contributed by atoms with Gasteiger partial charge in [0.25, 0.3) is 0 Å². The maximum Gasteiger partial charge on any atom is 0.148 e. The predicted molar refractivity (Wildman–Crippen MR) is 136 cm³/mol. The number of fused-ring (bicyclic) bond motifs is 5. The van der Waals surface area contributed by atoms with Crippen LogP contribution in [-0.4, -0.2) is 56.0 Å². The van der Waals surface area contributed by atoms with Crippen LogP contribution in [0.25, 0.3) is 0 Å². The Hall–Kier alpha value is -0.720. The molecule has 5 aliphatic rings. The van der Waals surface area contributed by atoms with Crippen molar-refractivity contribution in [2.45, 2.75) is 123 Å². The SMILES string of the molecule is CC(C(C)[C@H]1[C@H](O)CC2C3=CCC4C[C@@H](O)CC[C@]4(C)C3=CC[C@@]21C)C(O)C1(C(C)(C)O)OC1C. The van der Waals surface area contributed by atoms with Gasteiger partial charge in [-0.2, -0.15) is 0 Å². The lowest BCUT2D eigenvalue weighted by Gasteiger charge is -2.53. The maximum absolute atomic E-state index is 11.5. The van der Waals surface area contributed by atoms with E-state index in [0.29, 0.717) is 11.8 Å². The maximum atomic E-state index is 11.5. The van der Waals surface area contributed by atoms with Gasteiger partial charge >= 0.3 is 0 Å². The molecule has 0 spiro atoms. The van der Waals surface area contributed by atoms with E-state index in [0.717, 1.165) is 38.5 Å². The zero-order valence-corrected chi connectivity index (χ0v) is 22.8. The van der Waals surface area contributed by atoms with Gasteiger partial charge in [-0.15, -0.1) is 0 Å². The highest BCUT2D eigenvalue weighted by atomic mass is 16.6. The van der Waals surface area contributed by atoms with Crippen molar-refractivity contribution in [2.24, 2.45) is 40.4 Å². The van der Waals surface area contributed by atoms with Crippen LogP contribution in [0.15, 0.2) is 23.3 Å². The van der Waals surface area contributed by atoms with Crippen molar-refractivity contribution in [1.29, 1.82) is 0 Å². The number of aliphatic hydroxyl groups is 4. The normalized spacial score (nSPS) is 49.7. The van der Waals surface area contributed by atoms with Crippen molar-refractivity contribution in [3.05, 3.63) is 23.3 Å². The Labute approximate surface area is 211 Å². The minimum Gasteiger partial charge on any atom is -0.393 e. The van der Waals surface area contributed by atoms with Gasteiger partial charge in [0.2, 0.25) is 0 Å². The van der Waals surface area contributed by atoms with Crippen LogP contribution in [0.2, 0.25) is 0 Å². The van der Waals surface area contributed by atoms with E-state index in [1.165, 1.54) is 11.1 Å². The van der Waals surface area contributed by atoms with E-state index < -0.39 is 23.4 Å². The number of rotatable bonds is 5. The average Bonchev–Trinajstić information content (AvgIpc) is 3.39. The Kier molecular flexibility index (Phi) is 6.02. The smallest absolute Gasteiger partial charge is 0.148 e. The zero-order chi connectivity index (χ0) is 25.7. The first-order valence-corrected chi connectivity index (χ1v) is 14.0. The lowest BCUT2D eigenvalue weighted by molar-refractivity contribution is -0.103. The second-order valence-electron chi connectivity index (χ2n) is 13.9. The van der Waals surface area contributed by atoms with E-state index in [2.05, 4.69) is 39.8 Å². The number of hydrogen-bond acceptors (Lipinski definition) is 5. The molecule has 2 saturated carbocycles. The lowest BCUT2D eigenvalue weighted by Crippen LogP contribution is -2.54. The summed E-state index contributed by atoms with van der Waals surface area (Å²) < 4.78 is 5.86. The van der Waals surface area contributed by atoms with Crippen LogP contribution in [0.4, 0.5) is 0 Å². The van der Waals surface area contributed by atoms with Crippen LogP contribution in [0.5, 0.6) is 0 Å². The molecule has 4 aliphatic carbocycles. The van der Waals surface area contributed by atoms with Crippen molar-refractivity contribution in [1.82, 2.24) is 0 Å². The topological polar surface area (TPSA) is 93.5 Å². The Morgan fingerprint density at radius 3 is 2.37 bits per heavy atom. The molecular formula is C30H48O5. The second kappa shape index (κ2) is 8.14. The number of hydrogen-bond donors (Lipinski definition) is 4. The van der Waals surface area contributed by atoms with E-state index in [1.807, 2.05) is 6.92 Å². The molecule has 4 N–H and O–H groups in total. The van der Waals surface area contributed by atoms with Crippen molar-refractivity contribution >= 4 is 0 Å². The van der Waals surface area contributed by atoms with E-state index >= 15 is 0 Å². The summed E-state index contributed by atoms with van der Waals surface area (Å²) in [6, 6.07) is 0. The molecule has 0 bridgehead atoms. The summed E-state index contributed by atoms with van der Waals surface area (Å²) >= 11 is 0. The number of epoxide rings is 1. The minimum atomic E-state index is -1.14. The van der Waals surface area contributed by atoms with E-state index in [-0.39, 0.29) is 40.8 Å². The molecule has 0 radical (unpaired) electrons. The molecule has 0 aromatic carbocycles. The summed E-state index contributed by atoms with van der Waals surface area (Å²) in [6.07, 6.45) is 8.83. The Balaban J connectivity index is 1.43. The average molecular weight is 489 g/mol. The molecule has 1 saturated heterocycles. The molecule has 1 heterocycles. The van der Waals surface area contributed by atoms with Gasteiger partial charge in [-0.25, -0.2) is 0 Å². The fourth-order valence-corrected chi connectivity index (χ4v) is 9.42. The van der Waals surface area contributed by atoms with Gasteiger partial charge in [-0.05, 0) is 111 Å². The number of allylic oxidation sites excluding steroid dienone is 4. The first-order chi connectivity index (χ1) is 16.2. The molecule has 0 aromatic rings. The summed E-state index contributed by atoms with van der Waals surface area (Å²) in [5.74, 6) is 0.813. The minimum absolute atomic E-state index is 0.0578. The molecule has 5 rings (SSSR count). The summed E-state index contributed by atoms with van der Waals surface area (Å²) in [6.45, 7) is 14.4. The van der Waals surface area contributed by atoms with Gasteiger partial charge in [0, 0.05) is 0 Å². The van der Waals surface area contributed by atoms with Crippen molar-refractivity contribution in [3.63, 3.8) is 0 Å². The quantitative estimate of drug-likeness (QED) is 0.431. The second-order valence-corrected chi connectivity index (χ2v) is 13.9. The summed E-state index contributed by atoms with van der Waals surface area (Å²) in [5.41, 5.74) is 0.889. The van der Waals surface area contributed by atoms with Gasteiger partial charge in [-0.3, -0.25) is 0 Å². The third-order valence-corrected chi connectivity index (χ3v) is 11.8.